The van der Waals surface area contributed by atoms with Gasteiger partial charge in [-0.05, 0) is 18.6 Å². The molecule has 0 aromatic heterocycles. The largest absolute Gasteiger partial charge is 0.420 e. The van der Waals surface area contributed by atoms with Crippen LogP contribution < -0.4 is 4.74 Å². The lowest BCUT2D eigenvalue weighted by molar-refractivity contribution is 0.170. The third-order valence-corrected chi connectivity index (χ3v) is 2.60. The minimum absolute atomic E-state index is 0.313. The molecule has 76 valence electrons. The number of nitrogens with zero attached hydrogens (tertiary/aromatic N) is 2. The van der Waals surface area contributed by atoms with Crippen molar-refractivity contribution < 1.29 is 9.53 Å². The maximum Gasteiger partial charge on any atom is 0.420 e. The van der Waals surface area contributed by atoms with E-state index in [0.29, 0.717) is 12.3 Å². The van der Waals surface area contributed by atoms with Crippen LogP contribution in [-0.4, -0.2) is 29.9 Å². The van der Waals surface area contributed by atoms with Gasteiger partial charge in [0.15, 0.2) is 0 Å². The maximum absolute atomic E-state index is 11.6. The molecule has 0 fully saturated rings. The fourth-order valence-electron chi connectivity index (χ4n) is 1.90. The molecular formula is C11H10N2O2. The number of amidine groups is 1. The highest BCUT2D eigenvalue weighted by Gasteiger charge is 2.31. The summed E-state index contributed by atoms with van der Waals surface area (Å²) in [6, 6.07) is 7.50. The zero-order valence-corrected chi connectivity index (χ0v) is 8.14. The van der Waals surface area contributed by atoms with E-state index in [2.05, 4.69) is 4.99 Å². The van der Waals surface area contributed by atoms with Crippen LogP contribution in [0.1, 0.15) is 12.0 Å². The third-order valence-electron chi connectivity index (χ3n) is 2.60. The van der Waals surface area contributed by atoms with Gasteiger partial charge < -0.3 is 4.74 Å². The summed E-state index contributed by atoms with van der Waals surface area (Å²) in [6.07, 6.45) is 0.591. The van der Waals surface area contributed by atoms with Crippen molar-refractivity contribution in [1.29, 1.82) is 0 Å². The van der Waals surface area contributed by atoms with Gasteiger partial charge in [-0.1, -0.05) is 12.1 Å². The minimum Gasteiger partial charge on any atom is -0.409 e. The number of carbonyl (C=O) groups is 1. The van der Waals surface area contributed by atoms with Gasteiger partial charge in [-0.15, -0.1) is 0 Å². The Kier molecular flexibility index (Phi) is 1.74. The predicted molar refractivity (Wildman–Crippen MR) is 55.2 cm³/mol. The molecule has 0 bridgehead atoms. The summed E-state index contributed by atoms with van der Waals surface area (Å²) in [5.41, 5.74) is 0.914. The topological polar surface area (TPSA) is 41.9 Å². The van der Waals surface area contributed by atoms with Crippen molar-refractivity contribution in [1.82, 2.24) is 4.90 Å². The Bertz CT molecular complexity index is 454. The minimum atomic E-state index is -0.313. The molecule has 4 nitrogen and oxygen atoms in total. The number of amides is 1. The Labute approximate surface area is 87.2 Å². The SMILES string of the molecule is O=C1Oc2ccccc2C2=NCCCN12. The Morgan fingerprint density at radius 3 is 3.13 bits per heavy atom. The second kappa shape index (κ2) is 3.08. The number of carbonyl (C=O) groups excluding carboxylic acids is 1. The van der Waals surface area contributed by atoms with E-state index >= 15 is 0 Å². The first-order valence-corrected chi connectivity index (χ1v) is 4.99. The molecule has 0 aliphatic carbocycles. The molecule has 1 aromatic carbocycles. The molecular weight excluding hydrogens is 192 g/mol. The summed E-state index contributed by atoms with van der Waals surface area (Å²) >= 11 is 0. The van der Waals surface area contributed by atoms with Crippen molar-refractivity contribution in [3.8, 4) is 5.75 Å². The summed E-state index contributed by atoms with van der Waals surface area (Å²) in [4.78, 5) is 17.6. The Balaban J connectivity index is 2.17. The summed E-state index contributed by atoms with van der Waals surface area (Å²) < 4.78 is 5.21. The molecule has 1 aromatic rings. The zero-order chi connectivity index (χ0) is 10.3. The molecule has 2 aliphatic heterocycles. The van der Waals surface area contributed by atoms with Crippen LogP contribution in [0.2, 0.25) is 0 Å². The highest BCUT2D eigenvalue weighted by atomic mass is 16.6. The molecule has 2 aliphatic rings. The number of aliphatic imine (C=N–C) groups is 1. The molecule has 15 heavy (non-hydrogen) atoms. The van der Waals surface area contributed by atoms with E-state index in [0.717, 1.165) is 24.4 Å². The van der Waals surface area contributed by atoms with Gasteiger partial charge in [0.1, 0.15) is 11.6 Å². The standard InChI is InChI=1S/C11H10N2O2/c14-11-13-7-3-6-12-10(13)8-4-1-2-5-9(8)15-11/h1-2,4-5H,3,6-7H2. The summed E-state index contributed by atoms with van der Waals surface area (Å²) in [6.45, 7) is 1.49. The fraction of sp³-hybridized carbons (Fsp3) is 0.273. The number of hydrogen-bond acceptors (Lipinski definition) is 3. The van der Waals surface area contributed by atoms with E-state index in [-0.39, 0.29) is 6.09 Å². The molecule has 0 radical (unpaired) electrons. The average Bonchev–Trinajstić information content (AvgIpc) is 2.30. The van der Waals surface area contributed by atoms with Crippen LogP contribution in [0.4, 0.5) is 4.79 Å². The van der Waals surface area contributed by atoms with Crippen LogP contribution >= 0.6 is 0 Å². The van der Waals surface area contributed by atoms with E-state index in [4.69, 9.17) is 4.74 Å². The van der Waals surface area contributed by atoms with Crippen molar-refractivity contribution in [2.75, 3.05) is 13.1 Å². The van der Waals surface area contributed by atoms with Gasteiger partial charge in [-0.25, -0.2) is 4.79 Å². The molecule has 4 heteroatoms. The van der Waals surface area contributed by atoms with Gasteiger partial charge in [-0.2, -0.15) is 0 Å². The molecule has 0 saturated carbocycles. The van der Waals surface area contributed by atoms with E-state index in [1.807, 2.05) is 18.2 Å². The van der Waals surface area contributed by atoms with Crippen LogP contribution in [0.5, 0.6) is 5.75 Å². The normalized spacial score (nSPS) is 18.8. The summed E-state index contributed by atoms with van der Waals surface area (Å²) in [5, 5.41) is 0. The highest BCUT2D eigenvalue weighted by molar-refractivity contribution is 6.11. The van der Waals surface area contributed by atoms with Crippen LogP contribution in [0, 0.1) is 0 Å². The molecule has 0 atom stereocenters. The first kappa shape index (κ1) is 8.47. The second-order valence-electron chi connectivity index (χ2n) is 3.57. The van der Waals surface area contributed by atoms with Crippen molar-refractivity contribution in [3.63, 3.8) is 0 Å². The molecule has 0 spiro atoms. The third kappa shape index (κ3) is 1.21. The second-order valence-corrected chi connectivity index (χ2v) is 3.57. The monoisotopic (exact) mass is 202 g/mol. The smallest absolute Gasteiger partial charge is 0.409 e. The number of para-hydroxylation sites is 1. The van der Waals surface area contributed by atoms with Gasteiger partial charge in [0.2, 0.25) is 0 Å². The van der Waals surface area contributed by atoms with Gasteiger partial charge in [-0.3, -0.25) is 9.89 Å². The van der Waals surface area contributed by atoms with Crippen molar-refractivity contribution in [2.45, 2.75) is 6.42 Å². The first-order chi connectivity index (χ1) is 7.36. The van der Waals surface area contributed by atoms with E-state index in [9.17, 15) is 4.79 Å². The lowest BCUT2D eigenvalue weighted by atomic mass is 10.1. The number of ether oxygens (including phenoxy) is 1. The van der Waals surface area contributed by atoms with Crippen LogP contribution in [0.15, 0.2) is 29.3 Å². The number of hydrogen-bond donors (Lipinski definition) is 0. The number of fused-ring (bicyclic) bond motifs is 3. The van der Waals surface area contributed by atoms with Gasteiger partial charge in [0.25, 0.3) is 0 Å². The lowest BCUT2D eigenvalue weighted by Gasteiger charge is -2.31. The maximum atomic E-state index is 11.6. The molecule has 0 saturated heterocycles. The van der Waals surface area contributed by atoms with Crippen LogP contribution in [-0.2, 0) is 0 Å². The highest BCUT2D eigenvalue weighted by Crippen LogP contribution is 2.27. The average molecular weight is 202 g/mol. The lowest BCUT2D eigenvalue weighted by Crippen LogP contribution is -2.45. The zero-order valence-electron chi connectivity index (χ0n) is 8.14. The molecule has 2 heterocycles. The quantitative estimate of drug-likeness (QED) is 0.642. The van der Waals surface area contributed by atoms with Crippen molar-refractivity contribution >= 4 is 11.9 Å². The van der Waals surface area contributed by atoms with Gasteiger partial charge in [0.05, 0.1) is 5.56 Å². The molecule has 0 unspecified atom stereocenters. The fourth-order valence-corrected chi connectivity index (χ4v) is 1.90. The Hall–Kier alpha value is -1.84. The van der Waals surface area contributed by atoms with E-state index < -0.39 is 0 Å². The van der Waals surface area contributed by atoms with Crippen molar-refractivity contribution in [2.24, 2.45) is 4.99 Å². The number of rotatable bonds is 0. The Morgan fingerprint density at radius 1 is 1.33 bits per heavy atom. The first-order valence-electron chi connectivity index (χ1n) is 4.99. The molecule has 1 amide bonds. The van der Waals surface area contributed by atoms with E-state index in [1.54, 1.807) is 11.0 Å². The molecule has 0 N–H and O–H groups in total. The van der Waals surface area contributed by atoms with Crippen LogP contribution in [0.3, 0.4) is 0 Å². The van der Waals surface area contributed by atoms with Gasteiger partial charge >= 0.3 is 6.09 Å². The predicted octanol–water partition coefficient (Wildman–Crippen LogP) is 1.65. The van der Waals surface area contributed by atoms with Crippen LogP contribution in [0.25, 0.3) is 0 Å². The van der Waals surface area contributed by atoms with E-state index in [1.165, 1.54) is 0 Å². The van der Waals surface area contributed by atoms with Crippen molar-refractivity contribution in [3.05, 3.63) is 29.8 Å². The summed E-state index contributed by atoms with van der Waals surface area (Å²) in [7, 11) is 0. The Morgan fingerprint density at radius 2 is 2.20 bits per heavy atom. The molecule has 3 rings (SSSR count). The van der Waals surface area contributed by atoms with Gasteiger partial charge in [0, 0.05) is 13.1 Å². The summed E-state index contributed by atoms with van der Waals surface area (Å²) in [5.74, 6) is 1.37. The number of benzene rings is 1.